The molecule has 2 aliphatic carbocycles. The molecule has 2 fully saturated rings. The molecule has 47 heavy (non-hydrogen) atoms. The number of aliphatic hydroxyl groups is 2. The summed E-state index contributed by atoms with van der Waals surface area (Å²) in [5, 5.41) is 23.2. The van der Waals surface area contributed by atoms with E-state index in [0.29, 0.717) is 55.4 Å². The van der Waals surface area contributed by atoms with Gasteiger partial charge in [0.05, 0.1) is 23.5 Å². The normalized spacial score (nSPS) is 28.1. The van der Waals surface area contributed by atoms with E-state index in [9.17, 15) is 28.2 Å². The molecule has 0 spiro atoms. The molecule has 3 N–H and O–H groups in total. The second kappa shape index (κ2) is 13.8. The predicted octanol–water partition coefficient (Wildman–Crippen LogP) is 4.05. The van der Waals surface area contributed by atoms with Crippen molar-refractivity contribution in [3.8, 4) is 5.75 Å². The molecule has 2 heterocycles. The number of nitrogens with one attached hydrogen (secondary N) is 1. The zero-order valence-electron chi connectivity index (χ0n) is 26.7. The summed E-state index contributed by atoms with van der Waals surface area (Å²) in [6.07, 6.45) is 8.18. The Morgan fingerprint density at radius 1 is 1.06 bits per heavy atom. The van der Waals surface area contributed by atoms with Crippen LogP contribution >= 0.6 is 11.6 Å². The molecular formula is C35H44ClN3O7S. The van der Waals surface area contributed by atoms with Crippen LogP contribution in [0, 0.1) is 11.8 Å². The fraction of sp³-hybridized carbons (Fsp3) is 0.543. The number of nitrogens with zero attached hydrogens (tertiary/aromatic N) is 2. The number of halogens is 1. The monoisotopic (exact) mass is 685 g/mol. The summed E-state index contributed by atoms with van der Waals surface area (Å²) >= 11 is 6.33. The van der Waals surface area contributed by atoms with E-state index < -0.39 is 45.2 Å². The lowest BCUT2D eigenvalue weighted by atomic mass is 9.70. The molecular weight excluding hydrogens is 642 g/mol. The van der Waals surface area contributed by atoms with Gasteiger partial charge < -0.3 is 24.7 Å². The number of amides is 2. The van der Waals surface area contributed by atoms with Crippen LogP contribution in [0.1, 0.15) is 68.1 Å². The van der Waals surface area contributed by atoms with Crippen LogP contribution in [0.5, 0.6) is 5.75 Å². The highest BCUT2D eigenvalue weighted by molar-refractivity contribution is 7.90. The van der Waals surface area contributed by atoms with Gasteiger partial charge in [0.15, 0.2) is 5.60 Å². The van der Waals surface area contributed by atoms with Crippen LogP contribution in [0.2, 0.25) is 5.02 Å². The molecule has 6 rings (SSSR count). The van der Waals surface area contributed by atoms with Gasteiger partial charge in [-0.25, -0.2) is 8.42 Å². The van der Waals surface area contributed by atoms with Crippen LogP contribution in [0.15, 0.2) is 48.6 Å². The maximum atomic E-state index is 13.8. The Bertz CT molecular complexity index is 1650. The molecule has 2 aromatic carbocycles. The van der Waals surface area contributed by atoms with Crippen molar-refractivity contribution in [3.05, 3.63) is 70.3 Å². The first-order chi connectivity index (χ1) is 22.4. The molecule has 2 bridgehead atoms. The number of aryl methyl sites for hydroxylation is 1. The Kier molecular flexibility index (Phi) is 9.90. The largest absolute Gasteiger partial charge is 0.487 e. The van der Waals surface area contributed by atoms with Crippen LogP contribution in [0.3, 0.4) is 0 Å². The smallest absolute Gasteiger partial charge is 0.270 e. The second-order valence-corrected chi connectivity index (χ2v) is 15.9. The summed E-state index contributed by atoms with van der Waals surface area (Å²) in [5.74, 6) is -0.859. The van der Waals surface area contributed by atoms with Gasteiger partial charge in [-0.05, 0) is 104 Å². The molecule has 4 aliphatic rings. The van der Waals surface area contributed by atoms with Crippen LogP contribution in [0.25, 0.3) is 0 Å². The van der Waals surface area contributed by atoms with E-state index in [1.165, 1.54) is 11.0 Å². The lowest BCUT2D eigenvalue weighted by Gasteiger charge is -2.43. The van der Waals surface area contributed by atoms with Crippen molar-refractivity contribution in [2.75, 3.05) is 31.6 Å². The number of ether oxygens (including phenoxy) is 1. The molecule has 2 saturated carbocycles. The number of benzene rings is 2. The van der Waals surface area contributed by atoms with E-state index >= 15 is 0 Å². The predicted molar refractivity (Wildman–Crippen MR) is 180 cm³/mol. The molecule has 2 amide bonds. The van der Waals surface area contributed by atoms with Gasteiger partial charge in [0.2, 0.25) is 15.9 Å². The lowest BCUT2D eigenvalue weighted by Crippen LogP contribution is -2.50. The average Bonchev–Trinajstić information content (AvgIpc) is 3.87. The zero-order valence-corrected chi connectivity index (χ0v) is 28.3. The molecule has 2 aliphatic heterocycles. The summed E-state index contributed by atoms with van der Waals surface area (Å²) < 4.78 is 34.2. The minimum atomic E-state index is -4.01. The Morgan fingerprint density at radius 3 is 2.62 bits per heavy atom. The zero-order chi connectivity index (χ0) is 33.3. The highest BCUT2D eigenvalue weighted by Crippen LogP contribution is 2.42. The lowest BCUT2D eigenvalue weighted by molar-refractivity contribution is -0.148. The van der Waals surface area contributed by atoms with E-state index in [4.69, 9.17) is 16.3 Å². The number of sulfonamides is 1. The van der Waals surface area contributed by atoms with E-state index in [2.05, 4.69) is 9.62 Å². The maximum Gasteiger partial charge on any atom is 0.270 e. The van der Waals surface area contributed by atoms with E-state index in [-0.39, 0.29) is 24.0 Å². The van der Waals surface area contributed by atoms with Crippen LogP contribution < -0.4 is 14.4 Å². The van der Waals surface area contributed by atoms with Gasteiger partial charge in [-0.3, -0.25) is 14.3 Å². The van der Waals surface area contributed by atoms with Crippen molar-refractivity contribution in [1.29, 1.82) is 0 Å². The van der Waals surface area contributed by atoms with Gasteiger partial charge in [-0.2, -0.15) is 0 Å². The van der Waals surface area contributed by atoms with Gasteiger partial charge in [-0.15, -0.1) is 0 Å². The first-order valence-electron chi connectivity index (χ1n) is 16.6. The number of hydrogen-bond acceptors (Lipinski definition) is 8. The van der Waals surface area contributed by atoms with Gasteiger partial charge in [0.1, 0.15) is 12.4 Å². The maximum absolute atomic E-state index is 13.8. The number of fused-ring (bicyclic) bond motifs is 3. The fourth-order valence-corrected chi connectivity index (χ4v) is 8.41. The number of anilines is 1. The van der Waals surface area contributed by atoms with Crippen molar-refractivity contribution < 1.29 is 33.0 Å². The van der Waals surface area contributed by atoms with Crippen molar-refractivity contribution in [2.45, 2.75) is 81.3 Å². The van der Waals surface area contributed by atoms with Gasteiger partial charge in [-0.1, -0.05) is 35.9 Å². The molecule has 10 nitrogen and oxygen atoms in total. The Morgan fingerprint density at radius 2 is 1.87 bits per heavy atom. The number of aliphatic hydroxyl groups excluding tert-OH is 1. The summed E-state index contributed by atoms with van der Waals surface area (Å²) in [4.78, 5) is 30.9. The Hall–Kier alpha value is -3.12. The van der Waals surface area contributed by atoms with Gasteiger partial charge >= 0.3 is 0 Å². The molecule has 12 heteroatoms. The number of rotatable bonds is 3. The molecule has 0 unspecified atom stereocenters. The summed E-state index contributed by atoms with van der Waals surface area (Å²) in [5.41, 5.74) is 0.408. The van der Waals surface area contributed by atoms with Crippen molar-refractivity contribution in [1.82, 2.24) is 9.62 Å². The second-order valence-electron chi connectivity index (χ2n) is 13.5. The van der Waals surface area contributed by atoms with Crippen LogP contribution in [0.4, 0.5) is 5.69 Å². The Balaban J connectivity index is 1.44. The summed E-state index contributed by atoms with van der Waals surface area (Å²) in [6, 6.07) is 10.7. The van der Waals surface area contributed by atoms with Crippen molar-refractivity contribution in [3.63, 3.8) is 0 Å². The third-order valence-electron chi connectivity index (χ3n) is 10.2. The third kappa shape index (κ3) is 7.48. The topological polar surface area (TPSA) is 136 Å². The van der Waals surface area contributed by atoms with Crippen LogP contribution in [-0.2, 0) is 38.2 Å². The van der Waals surface area contributed by atoms with Crippen LogP contribution in [-0.4, -0.2) is 73.4 Å². The first-order valence-corrected chi connectivity index (χ1v) is 18.5. The molecule has 2 aromatic rings. The van der Waals surface area contributed by atoms with Gasteiger partial charge in [0.25, 0.3) is 5.91 Å². The molecule has 0 aromatic heterocycles. The average molecular weight is 686 g/mol. The third-order valence-corrected chi connectivity index (χ3v) is 12.2. The molecule has 0 radical (unpaired) electrons. The standard InChI is InChI=1S/C35H44ClN3O7S/c1-38-16-4-3-7-31(40)29-14-9-24(29)21-39-17-5-2-6-23-18-27(36)11-8-25(23)22-46-32-15-10-26(19-30(32)39)35(43,20-33(38)41)34(42)37-47(44,45)28-12-13-28/h3,7-8,10-11,15,18-19,24,28-29,31,40,43H,2,4-6,9,12-14,16-17,20-22H2,1H3,(H,37,42)/b7-3+/t24-,29+,31-,35+/m0/s1. The summed E-state index contributed by atoms with van der Waals surface area (Å²) in [6.45, 7) is 1.84. The number of carbonyl (C=O) groups is 2. The van der Waals surface area contributed by atoms with E-state index in [1.54, 1.807) is 25.3 Å². The molecule has 254 valence electrons. The summed E-state index contributed by atoms with van der Waals surface area (Å²) in [7, 11) is -2.43. The highest BCUT2D eigenvalue weighted by Gasteiger charge is 2.46. The SMILES string of the molecule is CN1CC/C=C/[C@H](O)[C@@H]2CC[C@H]2CN2CCCCc3cc(Cl)ccc3COc3ccc(cc32)[C@@](O)(C(=O)NS(=O)(=O)C2CC2)CC1=O. The minimum Gasteiger partial charge on any atom is -0.487 e. The minimum absolute atomic E-state index is 0.0750. The quantitative estimate of drug-likeness (QED) is 0.412. The van der Waals surface area contributed by atoms with E-state index in [1.807, 2.05) is 24.3 Å². The highest BCUT2D eigenvalue weighted by atomic mass is 35.5. The Labute approximate surface area is 281 Å². The van der Waals surface area contributed by atoms with Gasteiger partial charge in [0, 0.05) is 31.7 Å². The number of hydrogen-bond donors (Lipinski definition) is 3. The fourth-order valence-electron chi connectivity index (χ4n) is 6.86. The van der Waals surface area contributed by atoms with Crippen molar-refractivity contribution >= 4 is 39.1 Å². The van der Waals surface area contributed by atoms with E-state index in [0.717, 1.165) is 43.2 Å². The molecule has 0 saturated heterocycles. The van der Waals surface area contributed by atoms with Crippen molar-refractivity contribution in [2.24, 2.45) is 11.8 Å². The number of carbonyl (C=O) groups excluding carboxylic acids is 2. The first kappa shape index (κ1) is 33.8. The molecule has 4 atom stereocenters.